The fourth-order valence-electron chi connectivity index (χ4n) is 4.05. The summed E-state index contributed by atoms with van der Waals surface area (Å²) in [5.41, 5.74) is 1.45. The SMILES string of the molecule is COc1ccc(CCNC(=O)c2cccnc2N2CCN(S(=O)(=O)c3ccccn3)CC2)cc1OC. The number of methoxy groups -OCH3 is 2. The number of hydrogen-bond acceptors (Lipinski definition) is 8. The Balaban J connectivity index is 1.38. The zero-order valence-electron chi connectivity index (χ0n) is 20.3. The molecule has 10 nitrogen and oxygen atoms in total. The van der Waals surface area contributed by atoms with Crippen LogP contribution in [0.1, 0.15) is 15.9 Å². The van der Waals surface area contributed by atoms with Crippen LogP contribution in [0.25, 0.3) is 0 Å². The summed E-state index contributed by atoms with van der Waals surface area (Å²) < 4.78 is 37.8. The molecule has 0 aliphatic carbocycles. The molecule has 190 valence electrons. The standard InChI is InChI=1S/C25H29N5O5S/c1-34-21-9-8-19(18-22(21)35-2)10-13-28-25(31)20-6-5-12-27-24(20)29-14-16-30(17-15-29)36(32,33)23-7-3-4-11-26-23/h3-9,11-12,18H,10,13-17H2,1-2H3,(H,28,31). The second kappa shape index (κ2) is 11.4. The predicted octanol–water partition coefficient (Wildman–Crippen LogP) is 1.98. The quantitative estimate of drug-likeness (QED) is 0.464. The minimum atomic E-state index is -3.66. The number of sulfonamides is 1. The number of nitrogens with zero attached hydrogens (tertiary/aromatic N) is 4. The van der Waals surface area contributed by atoms with Crippen LogP contribution < -0.4 is 19.7 Å². The summed E-state index contributed by atoms with van der Waals surface area (Å²) in [7, 11) is -0.493. The Morgan fingerprint density at radius 1 is 0.944 bits per heavy atom. The summed E-state index contributed by atoms with van der Waals surface area (Å²) in [6.45, 7) is 1.80. The number of pyridine rings is 2. The Hall–Kier alpha value is -3.70. The Bertz CT molecular complexity index is 1300. The van der Waals surface area contributed by atoms with Crippen LogP contribution in [0, 0.1) is 0 Å². The maximum Gasteiger partial charge on any atom is 0.260 e. The van der Waals surface area contributed by atoms with Crippen LogP contribution >= 0.6 is 0 Å². The summed E-state index contributed by atoms with van der Waals surface area (Å²) in [5, 5.41) is 2.99. The lowest BCUT2D eigenvalue weighted by atomic mass is 10.1. The van der Waals surface area contributed by atoms with E-state index in [-0.39, 0.29) is 24.0 Å². The van der Waals surface area contributed by atoms with Crippen molar-refractivity contribution in [3.63, 3.8) is 0 Å². The Morgan fingerprint density at radius 2 is 1.69 bits per heavy atom. The van der Waals surface area contributed by atoms with Gasteiger partial charge in [0.05, 0.1) is 19.8 Å². The number of anilines is 1. The molecule has 1 amide bonds. The van der Waals surface area contributed by atoms with Gasteiger partial charge in [-0.2, -0.15) is 4.31 Å². The second-order valence-electron chi connectivity index (χ2n) is 8.13. The summed E-state index contributed by atoms with van der Waals surface area (Å²) in [6, 6.07) is 13.9. The number of carbonyl (C=O) groups is 1. The molecule has 2 aromatic heterocycles. The number of carbonyl (C=O) groups excluding carboxylic acids is 1. The predicted molar refractivity (Wildman–Crippen MR) is 135 cm³/mol. The number of hydrogen-bond donors (Lipinski definition) is 1. The molecule has 36 heavy (non-hydrogen) atoms. The van der Waals surface area contributed by atoms with E-state index in [1.165, 1.54) is 16.6 Å². The van der Waals surface area contributed by atoms with E-state index in [0.717, 1.165) is 5.56 Å². The van der Waals surface area contributed by atoms with Gasteiger partial charge in [-0.15, -0.1) is 0 Å². The van der Waals surface area contributed by atoms with Crippen molar-refractivity contribution in [2.24, 2.45) is 0 Å². The van der Waals surface area contributed by atoms with Gasteiger partial charge in [0.1, 0.15) is 5.82 Å². The molecule has 0 radical (unpaired) electrons. The molecule has 1 saturated heterocycles. The Labute approximate surface area is 210 Å². The van der Waals surface area contributed by atoms with Gasteiger partial charge in [0.2, 0.25) is 0 Å². The van der Waals surface area contributed by atoms with Gasteiger partial charge in [0.15, 0.2) is 16.5 Å². The lowest BCUT2D eigenvalue weighted by Crippen LogP contribution is -2.49. The van der Waals surface area contributed by atoms with Gasteiger partial charge < -0.3 is 19.7 Å². The fourth-order valence-corrected chi connectivity index (χ4v) is 5.40. The summed E-state index contributed by atoms with van der Waals surface area (Å²) in [6.07, 6.45) is 3.71. The molecule has 3 heterocycles. The van der Waals surface area contributed by atoms with Crippen molar-refractivity contribution in [2.75, 3.05) is 51.8 Å². The molecule has 3 aromatic rings. The first-order valence-electron chi connectivity index (χ1n) is 11.5. The van der Waals surface area contributed by atoms with Crippen LogP contribution in [0.15, 0.2) is 66.0 Å². The topological polar surface area (TPSA) is 114 Å². The minimum absolute atomic E-state index is 0.0332. The first kappa shape index (κ1) is 25.4. The van der Waals surface area contributed by atoms with Crippen molar-refractivity contribution in [2.45, 2.75) is 11.4 Å². The second-order valence-corrected chi connectivity index (χ2v) is 10.0. The van der Waals surface area contributed by atoms with Crippen LogP contribution in [0.3, 0.4) is 0 Å². The maximum absolute atomic E-state index is 13.0. The zero-order valence-corrected chi connectivity index (χ0v) is 21.1. The number of ether oxygens (including phenoxy) is 2. The van der Waals surface area contributed by atoms with Crippen molar-refractivity contribution in [1.82, 2.24) is 19.6 Å². The normalized spacial score (nSPS) is 14.3. The number of rotatable bonds is 9. The van der Waals surface area contributed by atoms with E-state index in [4.69, 9.17) is 9.47 Å². The maximum atomic E-state index is 13.0. The highest BCUT2D eigenvalue weighted by molar-refractivity contribution is 7.89. The van der Waals surface area contributed by atoms with Crippen molar-refractivity contribution in [3.8, 4) is 11.5 Å². The lowest BCUT2D eigenvalue weighted by Gasteiger charge is -2.35. The first-order chi connectivity index (χ1) is 17.4. The van der Waals surface area contributed by atoms with Crippen LogP contribution in [0.4, 0.5) is 5.82 Å². The highest BCUT2D eigenvalue weighted by Gasteiger charge is 2.30. The van der Waals surface area contributed by atoms with E-state index in [2.05, 4.69) is 15.3 Å². The molecule has 0 bridgehead atoms. The van der Waals surface area contributed by atoms with E-state index in [0.29, 0.717) is 48.9 Å². The van der Waals surface area contributed by atoms with E-state index in [9.17, 15) is 13.2 Å². The highest BCUT2D eigenvalue weighted by atomic mass is 32.2. The number of piperazine rings is 1. The van der Waals surface area contributed by atoms with Crippen molar-refractivity contribution < 1.29 is 22.7 Å². The van der Waals surface area contributed by atoms with Crippen molar-refractivity contribution in [1.29, 1.82) is 0 Å². The van der Waals surface area contributed by atoms with Gasteiger partial charge in [-0.05, 0) is 48.4 Å². The van der Waals surface area contributed by atoms with Gasteiger partial charge in [0.25, 0.3) is 15.9 Å². The number of aromatic nitrogens is 2. The molecule has 1 aromatic carbocycles. The summed E-state index contributed by atoms with van der Waals surface area (Å²) in [5.74, 6) is 1.59. The van der Waals surface area contributed by atoms with Gasteiger partial charge in [-0.1, -0.05) is 12.1 Å². The van der Waals surface area contributed by atoms with Gasteiger partial charge in [-0.3, -0.25) is 4.79 Å². The highest BCUT2D eigenvalue weighted by Crippen LogP contribution is 2.27. The number of benzene rings is 1. The molecule has 1 fully saturated rings. The molecule has 1 aliphatic rings. The lowest BCUT2D eigenvalue weighted by molar-refractivity contribution is 0.0954. The third-order valence-corrected chi connectivity index (χ3v) is 7.77. The third kappa shape index (κ3) is 5.58. The Kier molecular flexibility index (Phi) is 8.01. The van der Waals surface area contributed by atoms with Crippen LogP contribution in [-0.2, 0) is 16.4 Å². The van der Waals surface area contributed by atoms with Gasteiger partial charge >= 0.3 is 0 Å². The molecule has 0 spiro atoms. The largest absolute Gasteiger partial charge is 0.493 e. The van der Waals surface area contributed by atoms with E-state index in [1.807, 2.05) is 23.1 Å². The smallest absolute Gasteiger partial charge is 0.260 e. The fraction of sp³-hybridized carbons (Fsp3) is 0.320. The third-order valence-electron chi connectivity index (χ3n) is 5.96. The van der Waals surface area contributed by atoms with E-state index >= 15 is 0 Å². The van der Waals surface area contributed by atoms with Gasteiger partial charge in [0, 0.05) is 45.1 Å². The number of amides is 1. The molecule has 4 rings (SSSR count). The molecule has 11 heteroatoms. The van der Waals surface area contributed by atoms with Crippen LogP contribution in [-0.4, -0.2) is 75.5 Å². The van der Waals surface area contributed by atoms with Crippen molar-refractivity contribution >= 4 is 21.7 Å². The number of nitrogens with one attached hydrogen (secondary N) is 1. The molecule has 1 aliphatic heterocycles. The average molecular weight is 512 g/mol. The van der Waals surface area contributed by atoms with E-state index in [1.54, 1.807) is 44.7 Å². The molecule has 0 unspecified atom stereocenters. The molecular formula is C25H29N5O5S. The van der Waals surface area contributed by atoms with Crippen molar-refractivity contribution in [3.05, 3.63) is 72.1 Å². The average Bonchev–Trinajstić information content (AvgIpc) is 2.93. The molecule has 1 N–H and O–H groups in total. The van der Waals surface area contributed by atoms with Crippen LogP contribution in [0.5, 0.6) is 11.5 Å². The first-order valence-corrected chi connectivity index (χ1v) is 13.0. The Morgan fingerprint density at radius 3 is 2.39 bits per heavy atom. The van der Waals surface area contributed by atoms with E-state index < -0.39 is 10.0 Å². The van der Waals surface area contributed by atoms with Gasteiger partial charge in [-0.25, -0.2) is 18.4 Å². The van der Waals surface area contributed by atoms with Crippen LogP contribution in [0.2, 0.25) is 0 Å². The monoisotopic (exact) mass is 511 g/mol. The summed E-state index contributed by atoms with van der Waals surface area (Å²) >= 11 is 0. The minimum Gasteiger partial charge on any atom is -0.493 e. The molecule has 0 atom stereocenters. The molecular weight excluding hydrogens is 482 g/mol. The summed E-state index contributed by atoms with van der Waals surface area (Å²) in [4.78, 5) is 23.3. The zero-order chi connectivity index (χ0) is 25.5. The molecule has 0 saturated carbocycles.